The molecule has 1 aromatic rings. The van der Waals surface area contributed by atoms with Crippen molar-refractivity contribution in [1.82, 2.24) is 0 Å². The van der Waals surface area contributed by atoms with Gasteiger partial charge in [0, 0.05) is 16.1 Å². The molecule has 1 aliphatic rings. The van der Waals surface area contributed by atoms with E-state index in [1.165, 1.54) is 0 Å². The second-order valence-corrected chi connectivity index (χ2v) is 7.31. The molecule has 0 N–H and O–H groups in total. The van der Waals surface area contributed by atoms with Crippen molar-refractivity contribution in [2.24, 2.45) is 0 Å². The molecule has 2 rings (SSSR count). The van der Waals surface area contributed by atoms with Crippen LogP contribution >= 0.6 is 15.9 Å². The molecule has 2 nitrogen and oxygen atoms in total. The van der Waals surface area contributed by atoms with E-state index >= 15 is 0 Å². The Morgan fingerprint density at radius 1 is 1.33 bits per heavy atom. The van der Waals surface area contributed by atoms with Crippen molar-refractivity contribution in [3.63, 3.8) is 0 Å². The van der Waals surface area contributed by atoms with Crippen LogP contribution in [0.2, 0.25) is 0 Å². The van der Waals surface area contributed by atoms with Gasteiger partial charge in [0.15, 0.2) is 9.84 Å². The van der Waals surface area contributed by atoms with Gasteiger partial charge in [0.2, 0.25) is 0 Å². The van der Waals surface area contributed by atoms with Crippen LogP contribution in [0.15, 0.2) is 28.7 Å². The number of hydrogen-bond donors (Lipinski definition) is 0. The van der Waals surface area contributed by atoms with Gasteiger partial charge in [-0.1, -0.05) is 35.0 Å². The number of hydrogen-bond acceptors (Lipinski definition) is 2. The third kappa shape index (κ3) is 2.26. The van der Waals surface area contributed by atoms with Gasteiger partial charge in [-0.05, 0) is 24.1 Å². The van der Waals surface area contributed by atoms with Crippen molar-refractivity contribution in [2.75, 3.05) is 5.75 Å². The van der Waals surface area contributed by atoms with E-state index in [9.17, 15) is 8.42 Å². The Labute approximate surface area is 98.7 Å². The highest BCUT2D eigenvalue weighted by Crippen LogP contribution is 2.46. The molecule has 2 atom stereocenters. The average Bonchev–Trinajstić information content (AvgIpc) is 2.99. The van der Waals surface area contributed by atoms with Crippen LogP contribution in [-0.2, 0) is 9.84 Å². The van der Waals surface area contributed by atoms with Gasteiger partial charge < -0.3 is 0 Å². The summed E-state index contributed by atoms with van der Waals surface area (Å²) in [6, 6.07) is 7.92. The summed E-state index contributed by atoms with van der Waals surface area (Å²) in [6.07, 6.45) is 0.789. The summed E-state index contributed by atoms with van der Waals surface area (Å²) in [5.41, 5.74) is 1.14. The monoisotopic (exact) mass is 288 g/mol. The summed E-state index contributed by atoms with van der Waals surface area (Å²) < 4.78 is 24.2. The molecule has 1 aromatic carbocycles. The number of rotatable bonds is 3. The van der Waals surface area contributed by atoms with Gasteiger partial charge in [-0.25, -0.2) is 8.42 Å². The fourth-order valence-corrected chi connectivity index (χ4v) is 3.69. The lowest BCUT2D eigenvalue weighted by atomic mass is 10.1. The third-order valence-corrected chi connectivity index (χ3v) is 5.67. The number of halogens is 1. The van der Waals surface area contributed by atoms with Gasteiger partial charge >= 0.3 is 0 Å². The SMILES string of the molecule is CCS(=O)(=O)[C@H]1C[C@@H]1c1ccc(Br)cc1. The van der Waals surface area contributed by atoms with E-state index in [-0.39, 0.29) is 16.9 Å². The smallest absolute Gasteiger partial charge is 0.153 e. The number of sulfone groups is 1. The maximum atomic E-state index is 11.6. The van der Waals surface area contributed by atoms with E-state index in [0.29, 0.717) is 0 Å². The summed E-state index contributed by atoms with van der Waals surface area (Å²) in [4.78, 5) is 0. The van der Waals surface area contributed by atoms with Gasteiger partial charge in [-0.15, -0.1) is 0 Å². The second-order valence-electron chi connectivity index (χ2n) is 3.88. The highest BCUT2D eigenvalue weighted by atomic mass is 79.9. The van der Waals surface area contributed by atoms with Crippen LogP contribution in [0.4, 0.5) is 0 Å². The Hall–Kier alpha value is -0.350. The molecule has 1 fully saturated rings. The zero-order valence-electron chi connectivity index (χ0n) is 8.48. The Morgan fingerprint density at radius 2 is 1.93 bits per heavy atom. The largest absolute Gasteiger partial charge is 0.229 e. The van der Waals surface area contributed by atoms with Crippen molar-refractivity contribution in [1.29, 1.82) is 0 Å². The van der Waals surface area contributed by atoms with E-state index in [0.717, 1.165) is 16.5 Å². The minimum absolute atomic E-state index is 0.135. The van der Waals surface area contributed by atoms with Crippen molar-refractivity contribution < 1.29 is 8.42 Å². The van der Waals surface area contributed by atoms with Crippen LogP contribution in [0, 0.1) is 0 Å². The maximum absolute atomic E-state index is 11.6. The zero-order valence-corrected chi connectivity index (χ0v) is 10.9. The molecule has 1 aliphatic carbocycles. The molecule has 0 bridgehead atoms. The van der Waals surface area contributed by atoms with E-state index in [4.69, 9.17) is 0 Å². The first-order valence-electron chi connectivity index (χ1n) is 5.01. The summed E-state index contributed by atoms with van der Waals surface area (Å²) in [5.74, 6) is 0.480. The van der Waals surface area contributed by atoms with Crippen LogP contribution in [0.3, 0.4) is 0 Å². The lowest BCUT2D eigenvalue weighted by molar-refractivity contribution is 0.595. The summed E-state index contributed by atoms with van der Waals surface area (Å²) in [7, 11) is -2.84. The van der Waals surface area contributed by atoms with Crippen LogP contribution in [0.1, 0.15) is 24.8 Å². The Balaban J connectivity index is 2.15. The zero-order chi connectivity index (χ0) is 11.1. The molecule has 1 saturated carbocycles. The van der Waals surface area contributed by atoms with Gasteiger partial charge in [0.05, 0.1) is 5.25 Å². The lowest BCUT2D eigenvalue weighted by Crippen LogP contribution is -2.10. The standard InChI is InChI=1S/C11H13BrO2S/c1-2-15(13,14)11-7-10(11)8-3-5-9(12)6-4-8/h3-6,10-11H,2,7H2,1H3/t10-,11+/m1/s1. The first kappa shape index (κ1) is 11.1. The van der Waals surface area contributed by atoms with Crippen molar-refractivity contribution >= 4 is 25.8 Å². The molecule has 0 saturated heterocycles. The second kappa shape index (κ2) is 3.91. The minimum atomic E-state index is -2.84. The maximum Gasteiger partial charge on any atom is 0.153 e. The highest BCUT2D eigenvalue weighted by molar-refractivity contribution is 9.10. The van der Waals surface area contributed by atoms with Gasteiger partial charge in [-0.2, -0.15) is 0 Å². The van der Waals surface area contributed by atoms with E-state index in [1.807, 2.05) is 24.3 Å². The molecule has 4 heteroatoms. The van der Waals surface area contributed by atoms with E-state index in [2.05, 4.69) is 15.9 Å². The molecule has 0 aromatic heterocycles. The van der Waals surface area contributed by atoms with Crippen molar-refractivity contribution in [3.8, 4) is 0 Å². The predicted molar refractivity (Wildman–Crippen MR) is 64.7 cm³/mol. The summed E-state index contributed by atoms with van der Waals surface area (Å²) in [5, 5.41) is -0.135. The topological polar surface area (TPSA) is 34.1 Å². The fourth-order valence-electron chi connectivity index (χ4n) is 1.84. The molecule has 0 heterocycles. The van der Waals surface area contributed by atoms with Crippen LogP contribution in [0.5, 0.6) is 0 Å². The molecule has 0 spiro atoms. The van der Waals surface area contributed by atoms with Gasteiger partial charge in [0.1, 0.15) is 0 Å². The predicted octanol–water partition coefficient (Wildman–Crippen LogP) is 2.74. The highest BCUT2D eigenvalue weighted by Gasteiger charge is 2.46. The summed E-state index contributed by atoms with van der Waals surface area (Å²) in [6.45, 7) is 1.71. The molecule has 15 heavy (non-hydrogen) atoms. The Kier molecular flexibility index (Phi) is 2.90. The molecular weight excluding hydrogens is 276 g/mol. The first-order chi connectivity index (χ1) is 7.04. The lowest BCUT2D eigenvalue weighted by Gasteiger charge is -2.01. The quantitative estimate of drug-likeness (QED) is 0.857. The molecular formula is C11H13BrO2S. The van der Waals surface area contributed by atoms with Crippen molar-refractivity contribution in [3.05, 3.63) is 34.3 Å². The van der Waals surface area contributed by atoms with Crippen LogP contribution < -0.4 is 0 Å². The van der Waals surface area contributed by atoms with E-state index in [1.54, 1.807) is 6.92 Å². The Morgan fingerprint density at radius 3 is 2.47 bits per heavy atom. The van der Waals surface area contributed by atoms with Gasteiger partial charge in [-0.3, -0.25) is 0 Å². The number of benzene rings is 1. The molecule has 0 unspecified atom stereocenters. The molecule has 82 valence electrons. The van der Waals surface area contributed by atoms with Gasteiger partial charge in [0.25, 0.3) is 0 Å². The summed E-state index contributed by atoms with van der Waals surface area (Å²) >= 11 is 3.36. The molecule has 0 aliphatic heterocycles. The normalized spacial score (nSPS) is 25.2. The van der Waals surface area contributed by atoms with Crippen LogP contribution in [-0.4, -0.2) is 19.4 Å². The fraction of sp³-hybridized carbons (Fsp3) is 0.455. The molecule has 0 amide bonds. The van der Waals surface area contributed by atoms with Crippen LogP contribution in [0.25, 0.3) is 0 Å². The average molecular weight is 289 g/mol. The minimum Gasteiger partial charge on any atom is -0.229 e. The molecule has 0 radical (unpaired) electrons. The first-order valence-corrected chi connectivity index (χ1v) is 7.52. The third-order valence-electron chi connectivity index (χ3n) is 2.89. The Bertz CT molecular complexity index is 450. The van der Waals surface area contributed by atoms with E-state index < -0.39 is 9.84 Å². The van der Waals surface area contributed by atoms with Crippen molar-refractivity contribution in [2.45, 2.75) is 24.5 Å².